The van der Waals surface area contributed by atoms with Crippen molar-refractivity contribution >= 4 is 28.1 Å². The summed E-state index contributed by atoms with van der Waals surface area (Å²) < 4.78 is 13.1. The van der Waals surface area contributed by atoms with Crippen LogP contribution < -0.4 is 10.2 Å². The minimum absolute atomic E-state index is 0.000616. The molecule has 6 heteroatoms. The molecule has 116 valence electrons. The Bertz CT molecular complexity index is 651. The molecule has 1 saturated heterocycles. The van der Waals surface area contributed by atoms with Gasteiger partial charge in [-0.2, -0.15) is 0 Å². The van der Waals surface area contributed by atoms with Crippen LogP contribution in [0, 0.1) is 18.7 Å². The molecule has 1 N–H and O–H groups in total. The maximum absolute atomic E-state index is 13.1. The average molecular weight is 319 g/mol. The van der Waals surface area contributed by atoms with E-state index in [9.17, 15) is 9.18 Å². The van der Waals surface area contributed by atoms with Crippen LogP contribution in [0.25, 0.3) is 0 Å². The second-order valence-corrected chi connectivity index (χ2v) is 6.40. The average Bonchev–Trinajstić information content (AvgIpc) is 3.04. The van der Waals surface area contributed by atoms with E-state index < -0.39 is 0 Å². The first kappa shape index (κ1) is 15.0. The summed E-state index contributed by atoms with van der Waals surface area (Å²) in [4.78, 5) is 18.9. The van der Waals surface area contributed by atoms with Crippen LogP contribution in [0.1, 0.15) is 18.4 Å². The van der Waals surface area contributed by atoms with Gasteiger partial charge in [-0.15, -0.1) is 11.3 Å². The molecule has 2 heterocycles. The number of amides is 1. The van der Waals surface area contributed by atoms with Gasteiger partial charge in [-0.05, 0) is 43.5 Å². The molecule has 0 unspecified atom stereocenters. The zero-order chi connectivity index (χ0) is 15.5. The second-order valence-electron chi connectivity index (χ2n) is 5.52. The normalized spacial score (nSPS) is 15.8. The highest BCUT2D eigenvalue weighted by Crippen LogP contribution is 2.26. The Labute approximate surface area is 133 Å². The van der Waals surface area contributed by atoms with Gasteiger partial charge >= 0.3 is 0 Å². The highest BCUT2D eigenvalue weighted by Gasteiger charge is 2.26. The van der Waals surface area contributed by atoms with Gasteiger partial charge in [0.2, 0.25) is 5.91 Å². The van der Waals surface area contributed by atoms with E-state index in [0.717, 1.165) is 36.6 Å². The molecular formula is C16H18FN3OS. The highest BCUT2D eigenvalue weighted by atomic mass is 32.1. The van der Waals surface area contributed by atoms with E-state index in [4.69, 9.17) is 0 Å². The predicted molar refractivity (Wildman–Crippen MR) is 86.8 cm³/mol. The number of hydrogen-bond donors (Lipinski definition) is 1. The van der Waals surface area contributed by atoms with Crippen LogP contribution in [-0.2, 0) is 4.79 Å². The number of hydrogen-bond acceptors (Lipinski definition) is 4. The number of nitrogens with one attached hydrogen (secondary N) is 1. The lowest BCUT2D eigenvalue weighted by molar-refractivity contribution is -0.120. The lowest BCUT2D eigenvalue weighted by Crippen LogP contribution is -2.38. The molecule has 1 aromatic heterocycles. The van der Waals surface area contributed by atoms with Crippen LogP contribution >= 0.6 is 11.3 Å². The summed E-state index contributed by atoms with van der Waals surface area (Å²) in [6.45, 7) is 3.48. The lowest BCUT2D eigenvalue weighted by Gasteiger charge is -2.31. The minimum atomic E-state index is -0.285. The first-order chi connectivity index (χ1) is 10.6. The number of thiazole rings is 1. The summed E-state index contributed by atoms with van der Waals surface area (Å²) in [6.07, 6.45) is 3.42. The van der Waals surface area contributed by atoms with Crippen molar-refractivity contribution in [2.75, 3.05) is 23.3 Å². The van der Waals surface area contributed by atoms with E-state index in [2.05, 4.69) is 15.2 Å². The Morgan fingerprint density at radius 1 is 1.41 bits per heavy atom. The maximum Gasteiger partial charge on any atom is 0.227 e. The molecule has 22 heavy (non-hydrogen) atoms. The number of benzene rings is 1. The van der Waals surface area contributed by atoms with E-state index in [1.54, 1.807) is 30.5 Å². The van der Waals surface area contributed by atoms with E-state index >= 15 is 0 Å². The van der Waals surface area contributed by atoms with Crippen molar-refractivity contribution in [1.29, 1.82) is 0 Å². The number of rotatable bonds is 3. The molecule has 0 radical (unpaired) electrons. The summed E-state index contributed by atoms with van der Waals surface area (Å²) in [5.74, 6) is -0.263. The molecule has 1 amide bonds. The van der Waals surface area contributed by atoms with Crippen molar-refractivity contribution in [2.45, 2.75) is 19.8 Å². The molecule has 1 fully saturated rings. The van der Waals surface area contributed by atoms with Crippen LogP contribution in [-0.4, -0.2) is 24.0 Å². The second kappa shape index (κ2) is 6.44. The number of anilines is 2. The number of aromatic nitrogens is 1. The van der Waals surface area contributed by atoms with Gasteiger partial charge in [0.05, 0.1) is 0 Å². The Morgan fingerprint density at radius 3 is 2.82 bits per heavy atom. The molecule has 1 aliphatic rings. The number of aryl methyl sites for hydroxylation is 1. The Balaban J connectivity index is 1.58. The van der Waals surface area contributed by atoms with Gasteiger partial charge in [-0.25, -0.2) is 9.37 Å². The van der Waals surface area contributed by atoms with Crippen LogP contribution in [0.2, 0.25) is 0 Å². The molecule has 1 aromatic carbocycles. The monoisotopic (exact) mass is 319 g/mol. The van der Waals surface area contributed by atoms with E-state index in [1.807, 2.05) is 5.38 Å². The van der Waals surface area contributed by atoms with Crippen molar-refractivity contribution in [3.8, 4) is 0 Å². The largest absolute Gasteiger partial charge is 0.348 e. The highest BCUT2D eigenvalue weighted by molar-refractivity contribution is 7.13. The fraction of sp³-hybridized carbons (Fsp3) is 0.375. The van der Waals surface area contributed by atoms with Crippen molar-refractivity contribution < 1.29 is 9.18 Å². The summed E-state index contributed by atoms with van der Waals surface area (Å²) in [5.41, 5.74) is 1.43. The van der Waals surface area contributed by atoms with Gasteiger partial charge in [-0.1, -0.05) is 0 Å². The third-order valence-electron chi connectivity index (χ3n) is 4.00. The molecule has 2 aromatic rings. The van der Waals surface area contributed by atoms with Crippen LogP contribution in [0.5, 0.6) is 0 Å². The topological polar surface area (TPSA) is 45.2 Å². The van der Waals surface area contributed by atoms with Gasteiger partial charge in [0.1, 0.15) is 5.82 Å². The molecule has 4 nitrogen and oxygen atoms in total. The third kappa shape index (κ3) is 3.27. The van der Waals surface area contributed by atoms with E-state index in [-0.39, 0.29) is 17.6 Å². The van der Waals surface area contributed by atoms with Crippen molar-refractivity contribution in [3.05, 3.63) is 41.2 Å². The maximum atomic E-state index is 13.1. The van der Waals surface area contributed by atoms with Crippen LogP contribution in [0.4, 0.5) is 15.2 Å². The molecule has 0 spiro atoms. The molecule has 0 aliphatic carbocycles. The number of carbonyl (C=O) groups is 1. The quantitative estimate of drug-likeness (QED) is 0.942. The standard InChI is InChI=1S/C16H18FN3OS/c1-11-10-13(17)2-3-14(11)19-15(21)12-4-7-20(8-5-12)16-18-6-9-22-16/h2-3,6,9-10,12H,4-5,7-8H2,1H3,(H,19,21). The number of piperidine rings is 1. The van der Waals surface area contributed by atoms with Crippen molar-refractivity contribution in [1.82, 2.24) is 4.98 Å². The summed E-state index contributed by atoms with van der Waals surface area (Å²) >= 11 is 1.62. The fourth-order valence-electron chi connectivity index (χ4n) is 2.71. The first-order valence-electron chi connectivity index (χ1n) is 7.35. The minimum Gasteiger partial charge on any atom is -0.348 e. The van der Waals surface area contributed by atoms with Crippen molar-refractivity contribution in [3.63, 3.8) is 0 Å². The summed E-state index contributed by atoms with van der Waals surface area (Å²) in [7, 11) is 0. The lowest BCUT2D eigenvalue weighted by atomic mass is 9.96. The van der Waals surface area contributed by atoms with Gasteiger partial charge in [-0.3, -0.25) is 4.79 Å². The van der Waals surface area contributed by atoms with Crippen molar-refractivity contribution in [2.24, 2.45) is 5.92 Å². The number of carbonyl (C=O) groups excluding carboxylic acids is 1. The number of halogens is 1. The smallest absolute Gasteiger partial charge is 0.227 e. The Hall–Kier alpha value is -1.95. The Morgan fingerprint density at radius 2 is 2.18 bits per heavy atom. The van der Waals surface area contributed by atoms with E-state index in [1.165, 1.54) is 12.1 Å². The van der Waals surface area contributed by atoms with Gasteiger partial charge in [0.15, 0.2) is 5.13 Å². The fourth-order valence-corrected chi connectivity index (χ4v) is 3.40. The van der Waals surface area contributed by atoms with Crippen LogP contribution in [0.3, 0.4) is 0 Å². The zero-order valence-electron chi connectivity index (χ0n) is 12.4. The van der Waals surface area contributed by atoms with Gasteiger partial charge in [0, 0.05) is 36.3 Å². The first-order valence-corrected chi connectivity index (χ1v) is 8.23. The third-order valence-corrected chi connectivity index (χ3v) is 4.83. The molecule has 0 bridgehead atoms. The molecule has 1 aliphatic heterocycles. The van der Waals surface area contributed by atoms with Crippen LogP contribution in [0.15, 0.2) is 29.8 Å². The zero-order valence-corrected chi connectivity index (χ0v) is 13.2. The summed E-state index contributed by atoms with van der Waals surface area (Å²) in [6, 6.07) is 4.42. The Kier molecular flexibility index (Phi) is 4.38. The SMILES string of the molecule is Cc1cc(F)ccc1NC(=O)C1CCN(c2nccs2)CC1. The van der Waals surface area contributed by atoms with Gasteiger partial charge in [0.25, 0.3) is 0 Å². The summed E-state index contributed by atoms with van der Waals surface area (Å²) in [5, 5.41) is 5.90. The van der Waals surface area contributed by atoms with E-state index in [0.29, 0.717) is 5.69 Å². The molecule has 0 atom stereocenters. The molecular weight excluding hydrogens is 301 g/mol. The molecule has 0 saturated carbocycles. The number of nitrogens with zero attached hydrogens (tertiary/aromatic N) is 2. The molecule has 3 rings (SSSR count). The predicted octanol–water partition coefficient (Wildman–Crippen LogP) is 3.45. The van der Waals surface area contributed by atoms with Gasteiger partial charge < -0.3 is 10.2 Å².